The molecule has 1 atom stereocenters. The highest BCUT2D eigenvalue weighted by atomic mass is 16.3. The van der Waals surface area contributed by atoms with Crippen molar-refractivity contribution in [3.63, 3.8) is 0 Å². The van der Waals surface area contributed by atoms with Gasteiger partial charge in [-0.25, -0.2) is 0 Å². The number of aliphatic hydroxyl groups is 1. The topological polar surface area (TPSA) is 72.2 Å². The maximum atomic E-state index is 9.61. The van der Waals surface area contributed by atoms with Gasteiger partial charge in [0.2, 0.25) is 0 Å². The molecule has 0 unspecified atom stereocenters. The summed E-state index contributed by atoms with van der Waals surface area (Å²) in [6.45, 7) is 2.42. The summed E-state index contributed by atoms with van der Waals surface area (Å²) in [6, 6.07) is 8.27. The summed E-state index contributed by atoms with van der Waals surface area (Å²) in [5.74, 6) is 0. The molecular weight excluding hydrogens is 204 g/mol. The van der Waals surface area contributed by atoms with Crippen LogP contribution >= 0.6 is 0 Å². The van der Waals surface area contributed by atoms with Gasteiger partial charge in [0, 0.05) is 24.5 Å². The van der Waals surface area contributed by atoms with Crippen LogP contribution < -0.4 is 0 Å². The number of nitrogens with zero attached hydrogens (tertiary/aromatic N) is 4. The second kappa shape index (κ2) is 4.99. The van der Waals surface area contributed by atoms with Crippen LogP contribution in [-0.4, -0.2) is 29.2 Å². The maximum absolute atomic E-state index is 9.61. The molecule has 5 heteroatoms. The van der Waals surface area contributed by atoms with Gasteiger partial charge in [0.1, 0.15) is 0 Å². The van der Waals surface area contributed by atoms with Crippen LogP contribution in [0, 0.1) is 0 Å². The highest BCUT2D eigenvalue weighted by Gasteiger charge is 2.19. The summed E-state index contributed by atoms with van der Waals surface area (Å²) in [5, 5.41) is 13.0. The molecule has 1 aliphatic heterocycles. The van der Waals surface area contributed by atoms with Crippen LogP contribution in [0.15, 0.2) is 29.4 Å². The number of β-amino-alcohol motifs (C(OH)–C–C–N with tert-alkyl or cyclic N) is 1. The first-order valence-electron chi connectivity index (χ1n) is 5.27. The van der Waals surface area contributed by atoms with E-state index in [0.29, 0.717) is 6.54 Å². The summed E-state index contributed by atoms with van der Waals surface area (Å²) < 4.78 is 0. The minimum Gasteiger partial charge on any atom is -0.392 e. The van der Waals surface area contributed by atoms with Gasteiger partial charge in [-0.15, -0.1) is 0 Å². The van der Waals surface area contributed by atoms with Gasteiger partial charge < -0.3 is 5.11 Å². The van der Waals surface area contributed by atoms with E-state index in [-0.39, 0.29) is 6.54 Å². The Labute approximate surface area is 93.9 Å². The number of rotatable bonds is 4. The molecule has 1 aromatic rings. The third-order valence-corrected chi connectivity index (χ3v) is 2.73. The van der Waals surface area contributed by atoms with Crippen molar-refractivity contribution in [3.8, 4) is 0 Å². The second-order valence-corrected chi connectivity index (χ2v) is 4.01. The van der Waals surface area contributed by atoms with Crippen molar-refractivity contribution in [1.82, 2.24) is 4.90 Å². The third kappa shape index (κ3) is 2.52. The maximum Gasteiger partial charge on any atom is 0.0723 e. The molecule has 0 saturated carbocycles. The molecule has 0 aliphatic carbocycles. The normalized spacial score (nSPS) is 16.6. The number of benzene rings is 1. The molecule has 5 nitrogen and oxygen atoms in total. The van der Waals surface area contributed by atoms with Crippen LogP contribution in [0.25, 0.3) is 10.4 Å². The Balaban J connectivity index is 1.89. The van der Waals surface area contributed by atoms with Crippen LogP contribution in [0.1, 0.15) is 11.1 Å². The first-order chi connectivity index (χ1) is 7.79. The molecule has 0 saturated heterocycles. The molecule has 16 heavy (non-hydrogen) atoms. The van der Waals surface area contributed by atoms with Gasteiger partial charge in [0.05, 0.1) is 12.6 Å². The molecule has 1 aromatic carbocycles. The Bertz CT molecular complexity index is 389. The predicted molar refractivity (Wildman–Crippen MR) is 60.6 cm³/mol. The van der Waals surface area contributed by atoms with Gasteiger partial charge in [-0.1, -0.05) is 29.4 Å². The van der Waals surface area contributed by atoms with Crippen molar-refractivity contribution in [1.29, 1.82) is 0 Å². The summed E-state index contributed by atoms with van der Waals surface area (Å²) in [7, 11) is 0. The monoisotopic (exact) mass is 218 g/mol. The molecule has 1 heterocycles. The van der Waals surface area contributed by atoms with E-state index in [1.807, 2.05) is 12.1 Å². The SMILES string of the molecule is [N-]=[N+]=NC[C@H](O)CN1Cc2ccccc2C1. The lowest BCUT2D eigenvalue weighted by Gasteiger charge is -2.17. The number of azide groups is 1. The van der Waals surface area contributed by atoms with Crippen molar-refractivity contribution >= 4 is 0 Å². The molecule has 0 spiro atoms. The molecule has 2 rings (SSSR count). The fourth-order valence-corrected chi connectivity index (χ4v) is 2.02. The highest BCUT2D eigenvalue weighted by molar-refractivity contribution is 5.30. The van der Waals surface area contributed by atoms with Crippen molar-refractivity contribution < 1.29 is 5.11 Å². The molecule has 0 amide bonds. The Hall–Kier alpha value is -1.55. The third-order valence-electron chi connectivity index (χ3n) is 2.73. The summed E-state index contributed by atoms with van der Waals surface area (Å²) in [6.07, 6.45) is -0.579. The highest BCUT2D eigenvalue weighted by Crippen LogP contribution is 2.21. The first kappa shape index (κ1) is 11.0. The van der Waals surface area contributed by atoms with Crippen molar-refractivity contribution in [3.05, 3.63) is 45.8 Å². The number of hydrogen-bond acceptors (Lipinski definition) is 3. The van der Waals surface area contributed by atoms with Crippen molar-refractivity contribution in [2.75, 3.05) is 13.1 Å². The lowest BCUT2D eigenvalue weighted by atomic mass is 10.1. The molecular formula is C11H14N4O. The molecule has 0 fully saturated rings. The van der Waals surface area contributed by atoms with Crippen LogP contribution in [0.2, 0.25) is 0 Å². The second-order valence-electron chi connectivity index (χ2n) is 4.01. The van der Waals surface area contributed by atoms with E-state index in [0.717, 1.165) is 13.1 Å². The average molecular weight is 218 g/mol. The van der Waals surface area contributed by atoms with Gasteiger partial charge in [0.15, 0.2) is 0 Å². The predicted octanol–water partition coefficient (Wildman–Crippen LogP) is 1.67. The van der Waals surface area contributed by atoms with Crippen LogP contribution in [0.4, 0.5) is 0 Å². The number of hydrogen-bond donors (Lipinski definition) is 1. The van der Waals surface area contributed by atoms with Crippen LogP contribution in [0.3, 0.4) is 0 Å². The molecule has 1 aliphatic rings. The van der Waals surface area contributed by atoms with Crippen molar-refractivity contribution in [2.24, 2.45) is 5.11 Å². The largest absolute Gasteiger partial charge is 0.392 e. The zero-order valence-corrected chi connectivity index (χ0v) is 8.95. The zero-order valence-electron chi connectivity index (χ0n) is 8.95. The van der Waals surface area contributed by atoms with E-state index in [4.69, 9.17) is 5.53 Å². The number of fused-ring (bicyclic) bond motifs is 1. The van der Waals surface area contributed by atoms with E-state index in [9.17, 15) is 5.11 Å². The lowest BCUT2D eigenvalue weighted by molar-refractivity contribution is 0.118. The fraction of sp³-hybridized carbons (Fsp3) is 0.455. The molecule has 84 valence electrons. The number of aliphatic hydroxyl groups excluding tert-OH is 1. The average Bonchev–Trinajstić information content (AvgIpc) is 2.68. The molecule has 0 radical (unpaired) electrons. The quantitative estimate of drug-likeness (QED) is 0.474. The first-order valence-corrected chi connectivity index (χ1v) is 5.27. The van der Waals surface area contributed by atoms with Gasteiger partial charge in [-0.05, 0) is 16.7 Å². The minimum atomic E-state index is -0.579. The Morgan fingerprint density at radius 2 is 2.00 bits per heavy atom. The summed E-state index contributed by atoms with van der Waals surface area (Å²) in [5.41, 5.74) is 10.8. The Morgan fingerprint density at radius 3 is 2.56 bits per heavy atom. The molecule has 0 bridgehead atoms. The van der Waals surface area contributed by atoms with E-state index < -0.39 is 6.10 Å². The standard InChI is InChI=1S/C11H14N4O/c12-14-13-5-11(16)8-15-6-9-3-1-2-4-10(9)7-15/h1-4,11,16H,5-8H2/t11-/m0/s1. The van der Waals surface area contributed by atoms with Crippen molar-refractivity contribution in [2.45, 2.75) is 19.2 Å². The van der Waals surface area contributed by atoms with Gasteiger partial charge in [0.25, 0.3) is 0 Å². The Kier molecular flexibility index (Phi) is 3.41. The van der Waals surface area contributed by atoms with Gasteiger partial charge in [-0.2, -0.15) is 0 Å². The summed E-state index contributed by atoms with van der Waals surface area (Å²) >= 11 is 0. The summed E-state index contributed by atoms with van der Waals surface area (Å²) in [4.78, 5) is 4.79. The zero-order chi connectivity index (χ0) is 11.4. The van der Waals surface area contributed by atoms with E-state index in [2.05, 4.69) is 27.1 Å². The van der Waals surface area contributed by atoms with E-state index in [1.165, 1.54) is 11.1 Å². The van der Waals surface area contributed by atoms with Crippen LogP contribution in [0.5, 0.6) is 0 Å². The van der Waals surface area contributed by atoms with E-state index in [1.54, 1.807) is 0 Å². The minimum absolute atomic E-state index is 0.142. The lowest BCUT2D eigenvalue weighted by Crippen LogP contribution is -2.29. The smallest absolute Gasteiger partial charge is 0.0723 e. The Morgan fingerprint density at radius 1 is 1.38 bits per heavy atom. The fourth-order valence-electron chi connectivity index (χ4n) is 2.02. The van der Waals surface area contributed by atoms with E-state index >= 15 is 0 Å². The van der Waals surface area contributed by atoms with Gasteiger partial charge >= 0.3 is 0 Å². The molecule has 0 aromatic heterocycles. The van der Waals surface area contributed by atoms with Crippen LogP contribution in [-0.2, 0) is 13.1 Å². The van der Waals surface area contributed by atoms with Gasteiger partial charge in [-0.3, -0.25) is 4.90 Å². The molecule has 1 N–H and O–H groups in total.